The van der Waals surface area contributed by atoms with Gasteiger partial charge in [0, 0.05) is 39.0 Å². The smallest absolute Gasteiger partial charge is 0.231 e. The maximum absolute atomic E-state index is 11.3. The van der Waals surface area contributed by atoms with Crippen molar-refractivity contribution in [3.05, 3.63) is 5.28 Å². The second-order valence-corrected chi connectivity index (χ2v) is 5.62. The molecule has 0 amide bonds. The number of hydrogen-bond donors (Lipinski definition) is 0. The predicted octanol–water partition coefficient (Wildman–Crippen LogP) is 1.68. The summed E-state index contributed by atoms with van der Waals surface area (Å²) in [5, 5.41) is 0.229. The van der Waals surface area contributed by atoms with Gasteiger partial charge in [-0.05, 0) is 30.9 Å². The van der Waals surface area contributed by atoms with Crippen LogP contribution in [0.5, 0.6) is 0 Å². The Morgan fingerprint density at radius 3 is 1.95 bits per heavy atom. The molecule has 2 aliphatic heterocycles. The molecule has 6 nitrogen and oxygen atoms in total. The SMILES string of the molecule is O=C1CCN(c2nc(Cl)nc(N3CCCCC3)n2)CC1. The number of hydrogen-bond acceptors (Lipinski definition) is 6. The molecule has 0 aromatic carbocycles. The Balaban J connectivity index is 1.80. The second kappa shape index (κ2) is 5.91. The molecule has 7 heteroatoms. The van der Waals surface area contributed by atoms with E-state index in [1.54, 1.807) is 0 Å². The molecule has 0 spiro atoms. The molecule has 1 aromatic heterocycles. The zero-order chi connectivity index (χ0) is 13.9. The van der Waals surface area contributed by atoms with Gasteiger partial charge in [0.25, 0.3) is 0 Å². The molecule has 0 saturated carbocycles. The van der Waals surface area contributed by atoms with Crippen LogP contribution >= 0.6 is 11.6 Å². The summed E-state index contributed by atoms with van der Waals surface area (Å²) >= 11 is 6.03. The topological polar surface area (TPSA) is 62.2 Å². The van der Waals surface area contributed by atoms with Crippen LogP contribution in [0.1, 0.15) is 32.1 Å². The van der Waals surface area contributed by atoms with E-state index in [9.17, 15) is 4.79 Å². The number of halogens is 1. The van der Waals surface area contributed by atoms with E-state index < -0.39 is 0 Å². The van der Waals surface area contributed by atoms with Crippen LogP contribution in [-0.4, -0.2) is 46.9 Å². The molecule has 0 bridgehead atoms. The van der Waals surface area contributed by atoms with Crippen molar-refractivity contribution in [3.63, 3.8) is 0 Å². The molecule has 0 atom stereocenters. The van der Waals surface area contributed by atoms with Crippen LogP contribution in [-0.2, 0) is 4.79 Å². The number of aromatic nitrogens is 3. The Kier molecular flexibility index (Phi) is 4.00. The van der Waals surface area contributed by atoms with Gasteiger partial charge in [-0.15, -0.1) is 0 Å². The van der Waals surface area contributed by atoms with Crippen molar-refractivity contribution in [1.29, 1.82) is 0 Å². The fourth-order valence-corrected chi connectivity index (χ4v) is 2.81. The zero-order valence-electron chi connectivity index (χ0n) is 11.4. The van der Waals surface area contributed by atoms with Gasteiger partial charge in [-0.25, -0.2) is 0 Å². The molecular formula is C13H18ClN5O. The monoisotopic (exact) mass is 295 g/mol. The van der Waals surface area contributed by atoms with Gasteiger partial charge in [-0.1, -0.05) is 0 Å². The van der Waals surface area contributed by atoms with E-state index in [-0.39, 0.29) is 5.28 Å². The summed E-state index contributed by atoms with van der Waals surface area (Å²) in [5.41, 5.74) is 0. The average molecular weight is 296 g/mol. The van der Waals surface area contributed by atoms with Gasteiger partial charge in [-0.2, -0.15) is 15.0 Å². The van der Waals surface area contributed by atoms with Crippen LogP contribution in [0.2, 0.25) is 5.28 Å². The zero-order valence-corrected chi connectivity index (χ0v) is 12.1. The maximum Gasteiger partial charge on any atom is 0.231 e. The average Bonchev–Trinajstić information content (AvgIpc) is 2.48. The van der Waals surface area contributed by atoms with Crippen LogP contribution in [0, 0.1) is 0 Å². The van der Waals surface area contributed by atoms with Crippen molar-refractivity contribution in [2.45, 2.75) is 32.1 Å². The molecule has 108 valence electrons. The van der Waals surface area contributed by atoms with Crippen LogP contribution in [0.15, 0.2) is 0 Å². The fourth-order valence-electron chi connectivity index (χ4n) is 2.66. The Morgan fingerprint density at radius 1 is 0.800 bits per heavy atom. The molecule has 2 fully saturated rings. The molecule has 0 unspecified atom stereocenters. The van der Waals surface area contributed by atoms with E-state index in [1.165, 1.54) is 6.42 Å². The molecular weight excluding hydrogens is 278 g/mol. The van der Waals surface area contributed by atoms with Gasteiger partial charge < -0.3 is 9.80 Å². The van der Waals surface area contributed by atoms with E-state index in [0.29, 0.717) is 43.6 Å². The Morgan fingerprint density at radius 2 is 1.35 bits per heavy atom. The van der Waals surface area contributed by atoms with E-state index in [4.69, 9.17) is 11.6 Å². The predicted molar refractivity (Wildman–Crippen MR) is 77.4 cm³/mol. The molecule has 3 rings (SSSR count). The van der Waals surface area contributed by atoms with Crippen molar-refractivity contribution in [2.75, 3.05) is 36.0 Å². The first-order valence-electron chi connectivity index (χ1n) is 7.15. The van der Waals surface area contributed by atoms with Gasteiger partial charge in [-0.3, -0.25) is 4.79 Å². The highest BCUT2D eigenvalue weighted by atomic mass is 35.5. The number of Topliss-reactive ketones (excluding diaryl/α,β-unsaturated/α-hetero) is 1. The molecule has 2 aliphatic rings. The lowest BCUT2D eigenvalue weighted by Crippen LogP contribution is -2.36. The summed E-state index contributed by atoms with van der Waals surface area (Å²) < 4.78 is 0. The van der Waals surface area contributed by atoms with Crippen LogP contribution in [0.4, 0.5) is 11.9 Å². The normalized spacial score (nSPS) is 20.4. The highest BCUT2D eigenvalue weighted by Crippen LogP contribution is 2.21. The number of piperidine rings is 2. The lowest BCUT2D eigenvalue weighted by molar-refractivity contribution is -0.119. The molecule has 0 radical (unpaired) electrons. The van der Waals surface area contributed by atoms with Crippen molar-refractivity contribution < 1.29 is 4.79 Å². The first kappa shape index (κ1) is 13.5. The third-order valence-electron chi connectivity index (χ3n) is 3.83. The van der Waals surface area contributed by atoms with Crippen molar-refractivity contribution >= 4 is 29.3 Å². The second-order valence-electron chi connectivity index (χ2n) is 5.28. The van der Waals surface area contributed by atoms with Gasteiger partial charge in [0.15, 0.2) is 0 Å². The molecule has 20 heavy (non-hydrogen) atoms. The number of nitrogens with zero attached hydrogens (tertiary/aromatic N) is 5. The van der Waals surface area contributed by atoms with E-state index in [0.717, 1.165) is 25.9 Å². The lowest BCUT2D eigenvalue weighted by atomic mass is 10.1. The number of rotatable bonds is 2. The lowest BCUT2D eigenvalue weighted by Gasteiger charge is -2.29. The van der Waals surface area contributed by atoms with E-state index in [1.807, 2.05) is 4.90 Å². The van der Waals surface area contributed by atoms with Crippen LogP contribution in [0.3, 0.4) is 0 Å². The summed E-state index contributed by atoms with van der Waals surface area (Å²) in [6.07, 6.45) is 4.70. The first-order valence-corrected chi connectivity index (χ1v) is 7.53. The first-order chi connectivity index (χ1) is 9.72. The van der Waals surface area contributed by atoms with Gasteiger partial charge in [0.05, 0.1) is 0 Å². The van der Waals surface area contributed by atoms with Crippen molar-refractivity contribution in [1.82, 2.24) is 15.0 Å². The quantitative estimate of drug-likeness (QED) is 0.827. The highest BCUT2D eigenvalue weighted by Gasteiger charge is 2.21. The van der Waals surface area contributed by atoms with E-state index >= 15 is 0 Å². The van der Waals surface area contributed by atoms with Crippen molar-refractivity contribution in [2.24, 2.45) is 0 Å². The summed E-state index contributed by atoms with van der Waals surface area (Å²) in [6.45, 7) is 3.27. The molecule has 0 aliphatic carbocycles. The summed E-state index contributed by atoms with van der Waals surface area (Å²) in [5.74, 6) is 1.56. The summed E-state index contributed by atoms with van der Waals surface area (Å²) in [4.78, 5) is 28.5. The Labute approximate surface area is 123 Å². The summed E-state index contributed by atoms with van der Waals surface area (Å²) in [7, 11) is 0. The van der Waals surface area contributed by atoms with Gasteiger partial charge in [0.2, 0.25) is 17.2 Å². The number of anilines is 2. The van der Waals surface area contributed by atoms with Crippen molar-refractivity contribution in [3.8, 4) is 0 Å². The molecule has 2 saturated heterocycles. The number of ketones is 1. The molecule has 3 heterocycles. The minimum absolute atomic E-state index is 0.229. The minimum Gasteiger partial charge on any atom is -0.341 e. The Hall–Kier alpha value is -1.43. The van der Waals surface area contributed by atoms with E-state index in [2.05, 4.69) is 19.9 Å². The number of carbonyl (C=O) groups is 1. The molecule has 0 N–H and O–H groups in total. The standard InChI is InChI=1S/C13H18ClN5O/c14-11-15-12(18-6-2-1-3-7-18)17-13(16-11)19-8-4-10(20)5-9-19/h1-9H2. The van der Waals surface area contributed by atoms with Gasteiger partial charge >= 0.3 is 0 Å². The maximum atomic E-state index is 11.3. The molecule has 1 aromatic rings. The largest absolute Gasteiger partial charge is 0.341 e. The van der Waals surface area contributed by atoms with Crippen LogP contribution in [0.25, 0.3) is 0 Å². The van der Waals surface area contributed by atoms with Crippen LogP contribution < -0.4 is 9.80 Å². The van der Waals surface area contributed by atoms with Gasteiger partial charge in [0.1, 0.15) is 5.78 Å². The minimum atomic E-state index is 0.229. The fraction of sp³-hybridized carbons (Fsp3) is 0.692. The third kappa shape index (κ3) is 3.00. The summed E-state index contributed by atoms with van der Waals surface area (Å²) in [6, 6.07) is 0. The Bertz CT molecular complexity index is 494. The third-order valence-corrected chi connectivity index (χ3v) is 4.00. The number of carbonyl (C=O) groups excluding carboxylic acids is 1. The highest BCUT2D eigenvalue weighted by molar-refractivity contribution is 6.28.